The van der Waals surface area contributed by atoms with Crippen LogP contribution in [-0.2, 0) is 4.74 Å². The fourth-order valence-corrected chi connectivity index (χ4v) is 3.91. The van der Waals surface area contributed by atoms with Crippen LogP contribution in [0.3, 0.4) is 0 Å². The van der Waals surface area contributed by atoms with E-state index >= 15 is 0 Å². The zero-order valence-corrected chi connectivity index (χ0v) is 15.0. The molecule has 0 radical (unpaired) electrons. The molecule has 7 nitrogen and oxygen atoms in total. The van der Waals surface area contributed by atoms with Gasteiger partial charge in [-0.1, -0.05) is 0 Å². The first-order valence-electron chi connectivity index (χ1n) is 8.39. The van der Waals surface area contributed by atoms with Crippen LogP contribution in [0.2, 0.25) is 0 Å². The summed E-state index contributed by atoms with van der Waals surface area (Å²) in [5, 5.41) is 10.1. The number of piperidine rings is 1. The van der Waals surface area contributed by atoms with E-state index in [1.807, 2.05) is 7.05 Å². The van der Waals surface area contributed by atoms with Crippen molar-refractivity contribution in [2.45, 2.75) is 43.6 Å². The van der Waals surface area contributed by atoms with Crippen LogP contribution in [-0.4, -0.2) is 68.6 Å². The number of methoxy groups -OCH3 is 3. The number of rotatable bonds is 5. The molecule has 2 saturated heterocycles. The first-order chi connectivity index (χ1) is 12.0. The van der Waals surface area contributed by atoms with Crippen LogP contribution in [0.4, 0.5) is 0 Å². The Balaban J connectivity index is 1.76. The molecule has 1 N–H and O–H groups in total. The highest BCUT2D eigenvalue weighted by molar-refractivity contribution is 5.91. The Morgan fingerprint density at radius 3 is 2.24 bits per heavy atom. The minimum atomic E-state index is -0.428. The van der Waals surface area contributed by atoms with Crippen molar-refractivity contribution in [1.82, 2.24) is 4.90 Å². The standard InChI is InChI=1S/C18H25NO6/c1-19-11-7-12(9-13(19)14(20)8-11)25-18(21)10-5-15(22-2)17(24-4)16(6-10)23-3/h5-6,11-14,20H,7-9H2,1-4H3/t11-,12-,13+,14-/m1/s1. The number of aliphatic hydroxyl groups is 1. The van der Waals surface area contributed by atoms with Gasteiger partial charge in [-0.15, -0.1) is 0 Å². The molecule has 2 fully saturated rings. The molecule has 1 aromatic carbocycles. The summed E-state index contributed by atoms with van der Waals surface area (Å²) in [7, 11) is 6.53. The third kappa shape index (κ3) is 3.26. The minimum absolute atomic E-state index is 0.0523. The molecule has 0 unspecified atom stereocenters. The van der Waals surface area contributed by atoms with Crippen LogP contribution >= 0.6 is 0 Å². The molecule has 1 aromatic rings. The van der Waals surface area contributed by atoms with Crippen molar-refractivity contribution in [3.8, 4) is 17.2 Å². The molecule has 3 rings (SSSR count). The highest BCUT2D eigenvalue weighted by Gasteiger charge is 2.45. The maximum atomic E-state index is 12.6. The Kier molecular flexibility index (Phi) is 5.06. The third-order valence-corrected chi connectivity index (χ3v) is 5.27. The van der Waals surface area contributed by atoms with Crippen molar-refractivity contribution in [3.05, 3.63) is 17.7 Å². The number of ether oxygens (including phenoxy) is 4. The smallest absolute Gasteiger partial charge is 0.338 e. The molecule has 2 aliphatic heterocycles. The number of hydrogen-bond acceptors (Lipinski definition) is 7. The molecule has 0 amide bonds. The van der Waals surface area contributed by atoms with E-state index < -0.39 is 5.97 Å². The summed E-state index contributed by atoms with van der Waals surface area (Å²) in [6, 6.07) is 3.48. The van der Waals surface area contributed by atoms with Gasteiger partial charge in [0.1, 0.15) is 6.10 Å². The van der Waals surface area contributed by atoms with E-state index in [1.54, 1.807) is 12.1 Å². The minimum Gasteiger partial charge on any atom is -0.493 e. The van der Waals surface area contributed by atoms with Gasteiger partial charge < -0.3 is 24.1 Å². The van der Waals surface area contributed by atoms with E-state index in [0.29, 0.717) is 29.2 Å². The number of carbonyl (C=O) groups excluding carboxylic acids is 1. The molecule has 4 atom stereocenters. The van der Waals surface area contributed by atoms with Crippen LogP contribution < -0.4 is 14.2 Å². The predicted octanol–water partition coefficient (Wildman–Crippen LogP) is 1.47. The lowest BCUT2D eigenvalue weighted by Crippen LogP contribution is -2.45. The third-order valence-electron chi connectivity index (χ3n) is 5.27. The molecule has 0 spiro atoms. The Bertz CT molecular complexity index is 623. The molecule has 138 valence electrons. The van der Waals surface area contributed by atoms with E-state index in [1.165, 1.54) is 21.3 Å². The highest BCUT2D eigenvalue weighted by Crippen LogP contribution is 2.39. The van der Waals surface area contributed by atoms with Crippen molar-refractivity contribution in [2.24, 2.45) is 0 Å². The first kappa shape index (κ1) is 17.8. The Morgan fingerprint density at radius 1 is 1.08 bits per heavy atom. The fourth-order valence-electron chi connectivity index (χ4n) is 3.91. The van der Waals surface area contributed by atoms with Gasteiger partial charge in [0.15, 0.2) is 11.5 Å². The number of nitrogens with zero attached hydrogens (tertiary/aromatic N) is 1. The van der Waals surface area contributed by atoms with Gasteiger partial charge in [0.2, 0.25) is 5.75 Å². The monoisotopic (exact) mass is 351 g/mol. The van der Waals surface area contributed by atoms with E-state index in [2.05, 4.69) is 4.90 Å². The topological polar surface area (TPSA) is 77.5 Å². The second-order valence-corrected chi connectivity index (χ2v) is 6.60. The first-order valence-corrected chi connectivity index (χ1v) is 8.39. The SMILES string of the molecule is COc1cc(C(=O)O[C@@H]2C[C@@H]3C[C@@H](O)[C@H](C2)N3C)cc(OC)c1OC. The average molecular weight is 351 g/mol. The largest absolute Gasteiger partial charge is 0.493 e. The summed E-state index contributed by atoms with van der Waals surface area (Å²) in [6.07, 6.45) is 1.57. The second-order valence-electron chi connectivity index (χ2n) is 6.60. The van der Waals surface area contributed by atoms with Crippen molar-refractivity contribution < 1.29 is 28.8 Å². The summed E-state index contributed by atoms with van der Waals surface area (Å²) >= 11 is 0. The predicted molar refractivity (Wildman–Crippen MR) is 90.5 cm³/mol. The Hall–Kier alpha value is -1.99. The van der Waals surface area contributed by atoms with E-state index in [-0.39, 0.29) is 24.3 Å². The Morgan fingerprint density at radius 2 is 1.72 bits per heavy atom. The average Bonchev–Trinajstić information content (AvgIpc) is 2.77. The zero-order valence-electron chi connectivity index (χ0n) is 15.0. The lowest BCUT2D eigenvalue weighted by molar-refractivity contribution is -0.00838. The number of benzene rings is 1. The summed E-state index contributed by atoms with van der Waals surface area (Å²) in [5.74, 6) is 0.824. The van der Waals surface area contributed by atoms with Crippen molar-refractivity contribution >= 4 is 5.97 Å². The van der Waals surface area contributed by atoms with Gasteiger partial charge in [-0.2, -0.15) is 0 Å². The van der Waals surface area contributed by atoms with E-state index in [4.69, 9.17) is 18.9 Å². The molecule has 0 aliphatic carbocycles. The van der Waals surface area contributed by atoms with Gasteiger partial charge in [-0.25, -0.2) is 4.79 Å². The molecule has 25 heavy (non-hydrogen) atoms. The van der Waals surface area contributed by atoms with Crippen LogP contribution in [0.15, 0.2) is 12.1 Å². The maximum absolute atomic E-state index is 12.6. The zero-order chi connectivity index (χ0) is 18.1. The Labute approximate surface area is 147 Å². The molecular formula is C18H25NO6. The highest BCUT2D eigenvalue weighted by atomic mass is 16.5. The summed E-state index contributed by atoms with van der Waals surface area (Å²) in [6.45, 7) is 0. The van der Waals surface area contributed by atoms with Gasteiger partial charge in [-0.05, 0) is 25.6 Å². The number of carbonyl (C=O) groups is 1. The van der Waals surface area contributed by atoms with Gasteiger partial charge in [0.05, 0.1) is 33.0 Å². The van der Waals surface area contributed by atoms with Gasteiger partial charge >= 0.3 is 5.97 Å². The lowest BCUT2D eigenvalue weighted by atomic mass is 10.00. The van der Waals surface area contributed by atoms with Crippen LogP contribution in [0.1, 0.15) is 29.6 Å². The van der Waals surface area contributed by atoms with E-state index in [0.717, 1.165) is 12.8 Å². The summed E-state index contributed by atoms with van der Waals surface area (Å²) in [5.41, 5.74) is 0.348. The molecule has 7 heteroatoms. The van der Waals surface area contributed by atoms with Gasteiger partial charge in [-0.3, -0.25) is 4.90 Å². The number of hydrogen-bond donors (Lipinski definition) is 1. The molecular weight excluding hydrogens is 326 g/mol. The fraction of sp³-hybridized carbons (Fsp3) is 0.611. The van der Waals surface area contributed by atoms with Crippen molar-refractivity contribution in [1.29, 1.82) is 0 Å². The maximum Gasteiger partial charge on any atom is 0.338 e. The molecule has 0 saturated carbocycles. The van der Waals surface area contributed by atoms with Gasteiger partial charge in [0.25, 0.3) is 0 Å². The van der Waals surface area contributed by atoms with Crippen LogP contribution in [0.25, 0.3) is 0 Å². The second kappa shape index (κ2) is 7.09. The molecule has 2 heterocycles. The molecule has 2 aliphatic rings. The van der Waals surface area contributed by atoms with Crippen LogP contribution in [0.5, 0.6) is 17.2 Å². The molecule has 0 aromatic heterocycles. The number of aliphatic hydroxyl groups excluding tert-OH is 1. The summed E-state index contributed by atoms with van der Waals surface area (Å²) in [4.78, 5) is 14.8. The number of fused-ring (bicyclic) bond motifs is 2. The van der Waals surface area contributed by atoms with Crippen molar-refractivity contribution in [3.63, 3.8) is 0 Å². The normalized spacial score (nSPS) is 28.5. The van der Waals surface area contributed by atoms with E-state index in [9.17, 15) is 9.90 Å². The lowest BCUT2D eigenvalue weighted by Gasteiger charge is -2.36. The van der Waals surface area contributed by atoms with Crippen LogP contribution in [0, 0.1) is 0 Å². The quantitative estimate of drug-likeness (QED) is 0.805. The molecule has 2 bridgehead atoms. The summed E-state index contributed by atoms with van der Waals surface area (Å²) < 4.78 is 21.5. The van der Waals surface area contributed by atoms with Gasteiger partial charge in [0, 0.05) is 24.9 Å². The number of esters is 1. The number of likely N-dealkylation sites (N-methyl/N-ethyl adjacent to an activating group) is 1. The van der Waals surface area contributed by atoms with Crippen molar-refractivity contribution in [2.75, 3.05) is 28.4 Å².